The molecule has 1 unspecified atom stereocenters. The Morgan fingerprint density at radius 1 is 1.25 bits per heavy atom. The van der Waals surface area contributed by atoms with Crippen LogP contribution in [-0.4, -0.2) is 49.5 Å². The fraction of sp³-hybridized carbons (Fsp3) is 0.684. The second-order valence-electron chi connectivity index (χ2n) is 6.55. The minimum absolute atomic E-state index is 0.0699. The number of ether oxygens (including phenoxy) is 2. The molecule has 0 bridgehead atoms. The number of alkyl halides is 3. The Labute approximate surface area is 164 Å². The molecule has 0 aromatic carbocycles. The minimum Gasteiger partial charge on any atom is -0.468 e. The van der Waals surface area contributed by atoms with E-state index in [-0.39, 0.29) is 12.0 Å². The van der Waals surface area contributed by atoms with E-state index in [4.69, 9.17) is 4.74 Å². The summed E-state index contributed by atoms with van der Waals surface area (Å²) in [6, 6.07) is 3.15. The van der Waals surface area contributed by atoms with Crippen molar-refractivity contribution in [2.24, 2.45) is 10.9 Å². The predicted octanol–water partition coefficient (Wildman–Crippen LogP) is 3.53. The topological polar surface area (TPSA) is 67.8 Å². The fourth-order valence-corrected chi connectivity index (χ4v) is 2.45. The van der Waals surface area contributed by atoms with Crippen LogP contribution in [0.2, 0.25) is 0 Å². The van der Waals surface area contributed by atoms with E-state index in [1.165, 1.54) is 12.3 Å². The molecule has 0 aliphatic carbocycles. The van der Waals surface area contributed by atoms with Crippen molar-refractivity contribution in [3.63, 3.8) is 0 Å². The van der Waals surface area contributed by atoms with Crippen molar-refractivity contribution in [2.75, 3.05) is 26.3 Å². The largest absolute Gasteiger partial charge is 0.468 e. The normalized spacial score (nSPS) is 13.5. The van der Waals surface area contributed by atoms with E-state index in [2.05, 4.69) is 39.2 Å². The van der Waals surface area contributed by atoms with Gasteiger partial charge in [0.25, 0.3) is 0 Å². The molecule has 0 saturated heterocycles. The zero-order valence-corrected chi connectivity index (χ0v) is 17.0. The van der Waals surface area contributed by atoms with Crippen LogP contribution in [0.5, 0.6) is 5.88 Å². The van der Waals surface area contributed by atoms with Gasteiger partial charge in [-0.15, -0.1) is 0 Å². The number of guanidine groups is 1. The maximum absolute atomic E-state index is 12.3. The lowest BCUT2D eigenvalue weighted by atomic mass is 10.0. The molecule has 0 fully saturated rings. The van der Waals surface area contributed by atoms with Gasteiger partial charge in [0.05, 0.1) is 12.6 Å². The van der Waals surface area contributed by atoms with Crippen LogP contribution in [0.4, 0.5) is 13.2 Å². The first-order valence-electron chi connectivity index (χ1n) is 9.53. The van der Waals surface area contributed by atoms with Crippen LogP contribution in [0.1, 0.15) is 39.7 Å². The number of nitrogens with zero attached hydrogens (tertiary/aromatic N) is 2. The van der Waals surface area contributed by atoms with Gasteiger partial charge in [-0.25, -0.2) is 9.98 Å². The Balaban J connectivity index is 2.61. The Morgan fingerprint density at radius 2 is 2.00 bits per heavy atom. The van der Waals surface area contributed by atoms with Crippen LogP contribution in [0.15, 0.2) is 23.3 Å². The minimum atomic E-state index is -4.40. The van der Waals surface area contributed by atoms with Crippen LogP contribution in [0.25, 0.3) is 0 Å². The standard InChI is InChI=1S/C19H31F3N4O2/c1-5-23-18(25-10-8-16(14(3)4)27-6-2)26-12-15-7-9-24-17(11-15)28-13-19(20,21)22/h7,9,11,14,16H,5-6,8,10,12-13H2,1-4H3,(H2,23,25,26). The number of hydrogen-bond acceptors (Lipinski definition) is 4. The van der Waals surface area contributed by atoms with Gasteiger partial charge in [0, 0.05) is 32.0 Å². The smallest absolute Gasteiger partial charge is 0.422 e. The molecule has 0 saturated carbocycles. The lowest BCUT2D eigenvalue weighted by Crippen LogP contribution is -2.39. The number of hydrogen-bond donors (Lipinski definition) is 2. The average molecular weight is 404 g/mol. The first-order valence-corrected chi connectivity index (χ1v) is 9.53. The summed E-state index contributed by atoms with van der Waals surface area (Å²) in [5.74, 6) is 0.990. The first-order chi connectivity index (χ1) is 13.2. The average Bonchev–Trinajstić information content (AvgIpc) is 2.63. The van der Waals surface area contributed by atoms with Crippen LogP contribution >= 0.6 is 0 Å². The summed E-state index contributed by atoms with van der Waals surface area (Å²) in [7, 11) is 0. The van der Waals surface area contributed by atoms with Gasteiger partial charge in [0.2, 0.25) is 5.88 Å². The quantitative estimate of drug-likeness (QED) is 0.436. The fourth-order valence-electron chi connectivity index (χ4n) is 2.45. The van der Waals surface area contributed by atoms with Gasteiger partial charge < -0.3 is 20.1 Å². The van der Waals surface area contributed by atoms with E-state index < -0.39 is 12.8 Å². The van der Waals surface area contributed by atoms with Crippen LogP contribution < -0.4 is 15.4 Å². The van der Waals surface area contributed by atoms with E-state index in [0.29, 0.717) is 43.7 Å². The molecule has 160 valence electrons. The molecule has 0 aliphatic rings. The van der Waals surface area contributed by atoms with Crippen molar-refractivity contribution < 1.29 is 22.6 Å². The SMILES string of the molecule is CCNC(=NCc1ccnc(OCC(F)(F)F)c1)NCCC(OCC)C(C)C. The number of pyridine rings is 1. The zero-order chi connectivity index (χ0) is 21.0. The monoisotopic (exact) mass is 404 g/mol. The number of rotatable bonds is 11. The highest BCUT2D eigenvalue weighted by Gasteiger charge is 2.28. The number of aromatic nitrogens is 1. The molecule has 0 spiro atoms. The third kappa shape index (κ3) is 10.3. The van der Waals surface area contributed by atoms with Crippen molar-refractivity contribution in [2.45, 2.75) is 52.9 Å². The third-order valence-electron chi connectivity index (χ3n) is 3.79. The van der Waals surface area contributed by atoms with Crippen molar-refractivity contribution >= 4 is 5.96 Å². The van der Waals surface area contributed by atoms with E-state index in [1.807, 2.05) is 13.8 Å². The molecule has 2 N–H and O–H groups in total. The molecular formula is C19H31F3N4O2. The molecule has 1 aromatic rings. The summed E-state index contributed by atoms with van der Waals surface area (Å²) >= 11 is 0. The van der Waals surface area contributed by atoms with E-state index in [9.17, 15) is 13.2 Å². The first kappa shape index (κ1) is 24.0. The summed E-state index contributed by atoms with van der Waals surface area (Å²) < 4.78 is 47.2. The van der Waals surface area contributed by atoms with E-state index in [1.54, 1.807) is 6.07 Å². The van der Waals surface area contributed by atoms with Crippen molar-refractivity contribution in [3.05, 3.63) is 23.9 Å². The maximum atomic E-state index is 12.3. The molecule has 1 heterocycles. The molecular weight excluding hydrogens is 373 g/mol. The van der Waals surface area contributed by atoms with Crippen molar-refractivity contribution in [1.82, 2.24) is 15.6 Å². The molecule has 1 rings (SSSR count). The summed E-state index contributed by atoms with van der Waals surface area (Å²) in [6.45, 7) is 9.19. The summed E-state index contributed by atoms with van der Waals surface area (Å²) in [5, 5.41) is 6.41. The lowest BCUT2D eigenvalue weighted by molar-refractivity contribution is -0.154. The molecule has 1 atom stereocenters. The van der Waals surface area contributed by atoms with Gasteiger partial charge >= 0.3 is 6.18 Å². The molecule has 0 amide bonds. The van der Waals surface area contributed by atoms with Gasteiger partial charge in [0.1, 0.15) is 0 Å². The molecule has 28 heavy (non-hydrogen) atoms. The highest BCUT2D eigenvalue weighted by atomic mass is 19.4. The summed E-state index contributed by atoms with van der Waals surface area (Å²) in [5.41, 5.74) is 0.707. The summed E-state index contributed by atoms with van der Waals surface area (Å²) in [6.07, 6.45) is -1.96. The molecule has 9 heteroatoms. The highest BCUT2D eigenvalue weighted by molar-refractivity contribution is 5.79. The van der Waals surface area contributed by atoms with Crippen molar-refractivity contribution in [3.8, 4) is 5.88 Å². The number of aliphatic imine (C=N–C) groups is 1. The highest BCUT2D eigenvalue weighted by Crippen LogP contribution is 2.17. The van der Waals surface area contributed by atoms with E-state index >= 15 is 0 Å². The number of nitrogens with one attached hydrogen (secondary N) is 2. The molecule has 6 nitrogen and oxygen atoms in total. The van der Waals surface area contributed by atoms with Gasteiger partial charge in [-0.1, -0.05) is 13.8 Å². The Morgan fingerprint density at radius 3 is 2.61 bits per heavy atom. The van der Waals surface area contributed by atoms with Gasteiger partial charge in [-0.05, 0) is 37.8 Å². The van der Waals surface area contributed by atoms with Crippen molar-refractivity contribution in [1.29, 1.82) is 0 Å². The van der Waals surface area contributed by atoms with Crippen LogP contribution in [0, 0.1) is 5.92 Å². The molecule has 0 radical (unpaired) electrons. The Hall–Kier alpha value is -2.03. The number of halogens is 3. The van der Waals surface area contributed by atoms with Gasteiger partial charge in [-0.3, -0.25) is 0 Å². The second kappa shape index (κ2) is 12.4. The van der Waals surface area contributed by atoms with Crippen LogP contribution in [0.3, 0.4) is 0 Å². The van der Waals surface area contributed by atoms with E-state index in [0.717, 1.165) is 6.42 Å². The Bertz CT molecular complexity index is 595. The third-order valence-corrected chi connectivity index (χ3v) is 3.79. The summed E-state index contributed by atoms with van der Waals surface area (Å²) in [4.78, 5) is 8.26. The maximum Gasteiger partial charge on any atom is 0.422 e. The molecule has 0 aliphatic heterocycles. The molecule has 1 aromatic heterocycles. The second-order valence-corrected chi connectivity index (χ2v) is 6.55. The Kier molecular flexibility index (Phi) is 10.7. The zero-order valence-electron chi connectivity index (χ0n) is 17.0. The lowest BCUT2D eigenvalue weighted by Gasteiger charge is -2.21. The van der Waals surface area contributed by atoms with Gasteiger partial charge in [-0.2, -0.15) is 13.2 Å². The van der Waals surface area contributed by atoms with Gasteiger partial charge in [0.15, 0.2) is 12.6 Å². The predicted molar refractivity (Wildman–Crippen MR) is 103 cm³/mol. The van der Waals surface area contributed by atoms with Crippen LogP contribution in [-0.2, 0) is 11.3 Å².